The van der Waals surface area contributed by atoms with Gasteiger partial charge >= 0.3 is 13.6 Å². The molecule has 0 bridgehead atoms. The molecule has 8 heteroatoms. The fraction of sp³-hybridized carbons (Fsp3) is 0.588. The molecule has 1 aromatic carbocycles. The third-order valence-electron chi connectivity index (χ3n) is 3.88. The van der Waals surface area contributed by atoms with Gasteiger partial charge in [-0.1, -0.05) is 29.7 Å². The van der Waals surface area contributed by atoms with Crippen LogP contribution in [0.1, 0.15) is 46.3 Å². The van der Waals surface area contributed by atoms with E-state index in [4.69, 9.17) is 14.7 Å². The van der Waals surface area contributed by atoms with Crippen LogP contribution in [-0.4, -0.2) is 47.8 Å². The third-order valence-corrected chi connectivity index (χ3v) is 3.88. The first kappa shape index (κ1) is 19.7. The van der Waals surface area contributed by atoms with Crippen LogP contribution < -0.4 is 5.46 Å². The van der Waals surface area contributed by atoms with Gasteiger partial charge in [0.15, 0.2) is 0 Å². The molecule has 1 aliphatic rings. The molecule has 0 unspecified atom stereocenters. The van der Waals surface area contributed by atoms with Crippen LogP contribution >= 0.6 is 0 Å². The molecule has 25 heavy (non-hydrogen) atoms. The Bertz CT molecular complexity index is 602. The summed E-state index contributed by atoms with van der Waals surface area (Å²) in [7, 11) is 1.17. The lowest BCUT2D eigenvalue weighted by Gasteiger charge is -2.34. The van der Waals surface area contributed by atoms with Crippen LogP contribution in [0.15, 0.2) is 24.3 Å². The fourth-order valence-electron chi connectivity index (χ4n) is 2.91. The van der Waals surface area contributed by atoms with Crippen molar-refractivity contribution in [2.75, 3.05) is 6.67 Å². The molecule has 1 aromatic rings. The highest BCUT2D eigenvalue weighted by Gasteiger charge is 2.51. The Balaban J connectivity index is 2.27. The molecule has 1 amide bonds. The molecule has 137 valence electrons. The molecule has 0 saturated carbocycles. The number of carbonyl (C=O) groups excluding carboxylic acids is 1. The minimum atomic E-state index is -1.01. The minimum Gasteiger partial charge on any atom is -0.444 e. The molecule has 1 heterocycles. The van der Waals surface area contributed by atoms with Crippen molar-refractivity contribution in [2.45, 2.75) is 58.1 Å². The average molecular weight is 352 g/mol. The van der Waals surface area contributed by atoms with Crippen molar-refractivity contribution in [3.8, 4) is 0 Å². The number of hydrogen-bond donors (Lipinski definition) is 1. The van der Waals surface area contributed by atoms with Gasteiger partial charge in [-0.2, -0.15) is 0 Å². The van der Waals surface area contributed by atoms with Crippen molar-refractivity contribution in [3.63, 3.8) is 0 Å². The average Bonchev–Trinajstić information content (AvgIpc) is 2.77. The van der Waals surface area contributed by atoms with Crippen LogP contribution in [0.4, 0.5) is 9.18 Å². The summed E-state index contributed by atoms with van der Waals surface area (Å²) in [5.74, 6) is 0. The standard InChI is InChI=1S/C17H24BFNO5/c1-16(2,3)24-15(21)20-13(10-19)14(23-17(20,4)5)11-6-8-12(9-7-11)18-25-22/h6-9,13-14,22H,10H2,1-5H3/t13-,14-/m1/s1. The van der Waals surface area contributed by atoms with Gasteiger partial charge in [0.2, 0.25) is 0 Å². The van der Waals surface area contributed by atoms with Crippen molar-refractivity contribution in [1.82, 2.24) is 4.90 Å². The van der Waals surface area contributed by atoms with Crippen LogP contribution in [0.2, 0.25) is 0 Å². The van der Waals surface area contributed by atoms with Crippen LogP contribution in [0, 0.1) is 0 Å². The molecule has 2 rings (SSSR count). The van der Waals surface area contributed by atoms with Gasteiger partial charge in [-0.05, 0) is 40.2 Å². The second-order valence-electron chi connectivity index (χ2n) is 7.45. The number of benzene rings is 1. The van der Waals surface area contributed by atoms with E-state index >= 15 is 0 Å². The highest BCUT2D eigenvalue weighted by atomic mass is 19.1. The van der Waals surface area contributed by atoms with Crippen molar-refractivity contribution in [1.29, 1.82) is 0 Å². The second-order valence-corrected chi connectivity index (χ2v) is 7.45. The Morgan fingerprint density at radius 2 is 1.96 bits per heavy atom. The van der Waals surface area contributed by atoms with E-state index in [-0.39, 0.29) is 0 Å². The van der Waals surface area contributed by atoms with E-state index in [0.717, 1.165) is 5.56 Å². The molecular formula is C17H24BFNO5. The largest absolute Gasteiger partial charge is 0.444 e. The van der Waals surface area contributed by atoms with Gasteiger partial charge in [-0.25, -0.2) is 9.18 Å². The molecule has 0 aliphatic carbocycles. The van der Waals surface area contributed by atoms with Gasteiger partial charge in [0.05, 0.1) is 6.04 Å². The van der Waals surface area contributed by atoms with Crippen molar-refractivity contribution in [3.05, 3.63) is 29.8 Å². The quantitative estimate of drug-likeness (QED) is 0.513. The maximum Gasteiger partial charge on any atom is 0.413 e. The SMILES string of the molecule is CC(C)(C)OC(=O)N1[C@H](CF)[C@@H](c2ccc([B]OO)cc2)OC1(C)C. The third kappa shape index (κ3) is 4.51. The zero-order valence-electron chi connectivity index (χ0n) is 15.2. The van der Waals surface area contributed by atoms with E-state index in [1.807, 2.05) is 0 Å². The van der Waals surface area contributed by atoms with E-state index in [1.54, 1.807) is 58.9 Å². The number of nitrogens with zero attached hydrogens (tertiary/aromatic N) is 1. The summed E-state index contributed by atoms with van der Waals surface area (Å²) in [5.41, 5.74) is -0.336. The smallest absolute Gasteiger partial charge is 0.413 e. The lowest BCUT2D eigenvalue weighted by molar-refractivity contribution is -0.135. The summed E-state index contributed by atoms with van der Waals surface area (Å²) in [6.45, 7) is 7.93. The van der Waals surface area contributed by atoms with Crippen LogP contribution in [0.5, 0.6) is 0 Å². The van der Waals surface area contributed by atoms with E-state index in [1.165, 1.54) is 12.4 Å². The number of carbonyl (C=O) groups is 1. The Labute approximate surface area is 148 Å². The number of ether oxygens (including phenoxy) is 2. The molecule has 0 aromatic heterocycles. The first-order valence-corrected chi connectivity index (χ1v) is 8.08. The molecule has 1 aliphatic heterocycles. The Kier molecular flexibility index (Phi) is 5.76. The highest BCUT2D eigenvalue weighted by molar-refractivity contribution is 6.46. The number of rotatable bonds is 4. The molecule has 1 saturated heterocycles. The fourth-order valence-corrected chi connectivity index (χ4v) is 2.91. The second kappa shape index (κ2) is 7.31. The minimum absolute atomic E-state index is 0.610. The molecule has 0 spiro atoms. The van der Waals surface area contributed by atoms with Gasteiger partial charge < -0.3 is 14.3 Å². The summed E-state index contributed by atoms with van der Waals surface area (Å²) >= 11 is 0. The number of alkyl halides is 1. The number of halogens is 1. The maximum atomic E-state index is 13.8. The van der Waals surface area contributed by atoms with Crippen LogP contribution in [0.3, 0.4) is 0 Å². The first-order chi connectivity index (χ1) is 11.6. The predicted octanol–water partition coefficient (Wildman–Crippen LogP) is 2.80. The Hall–Kier alpha value is -1.64. The summed E-state index contributed by atoms with van der Waals surface area (Å²) < 4.78 is 25.2. The first-order valence-electron chi connectivity index (χ1n) is 8.08. The lowest BCUT2D eigenvalue weighted by Crippen LogP contribution is -2.50. The van der Waals surface area contributed by atoms with E-state index in [0.29, 0.717) is 5.46 Å². The van der Waals surface area contributed by atoms with Crippen molar-refractivity contribution in [2.24, 2.45) is 0 Å². The number of hydrogen-bond acceptors (Lipinski definition) is 5. The van der Waals surface area contributed by atoms with E-state index < -0.39 is 36.2 Å². The monoisotopic (exact) mass is 352 g/mol. The summed E-state index contributed by atoms with van der Waals surface area (Å²) in [6, 6.07) is 6.09. The molecule has 1 fully saturated rings. The van der Waals surface area contributed by atoms with Crippen molar-refractivity contribution >= 4 is 19.0 Å². The molecule has 1 N–H and O–H groups in total. The van der Waals surface area contributed by atoms with Gasteiger partial charge in [-0.3, -0.25) is 10.2 Å². The lowest BCUT2D eigenvalue weighted by atomic mass is 9.87. The highest BCUT2D eigenvalue weighted by Crippen LogP contribution is 2.41. The van der Waals surface area contributed by atoms with Gasteiger partial charge in [0.1, 0.15) is 24.1 Å². The Morgan fingerprint density at radius 3 is 2.44 bits per heavy atom. The normalized spacial score (nSPS) is 22.8. The topological polar surface area (TPSA) is 68.2 Å². The molecule has 6 nitrogen and oxygen atoms in total. The van der Waals surface area contributed by atoms with Gasteiger partial charge in [0.25, 0.3) is 0 Å². The predicted molar refractivity (Wildman–Crippen MR) is 91.3 cm³/mol. The summed E-state index contributed by atoms with van der Waals surface area (Å²) in [6.07, 6.45) is -1.24. The maximum absolute atomic E-state index is 13.8. The van der Waals surface area contributed by atoms with Crippen LogP contribution in [0.25, 0.3) is 0 Å². The van der Waals surface area contributed by atoms with E-state index in [9.17, 15) is 9.18 Å². The zero-order chi connectivity index (χ0) is 18.8. The van der Waals surface area contributed by atoms with Crippen LogP contribution in [-0.2, 0) is 14.3 Å². The molecular weight excluding hydrogens is 328 g/mol. The summed E-state index contributed by atoms with van der Waals surface area (Å²) in [4.78, 5) is 17.9. The molecule has 2 atom stereocenters. The molecule has 1 radical (unpaired) electrons. The van der Waals surface area contributed by atoms with Crippen molar-refractivity contribution < 1.29 is 28.7 Å². The zero-order valence-corrected chi connectivity index (χ0v) is 15.2. The van der Waals surface area contributed by atoms with Gasteiger partial charge in [0, 0.05) is 0 Å². The van der Waals surface area contributed by atoms with Gasteiger partial charge in [-0.15, -0.1) is 0 Å². The van der Waals surface area contributed by atoms with E-state index in [2.05, 4.69) is 4.81 Å². The Morgan fingerprint density at radius 1 is 1.36 bits per heavy atom. The summed E-state index contributed by atoms with van der Waals surface area (Å²) in [5, 5.41) is 8.45. The number of amides is 1.